The summed E-state index contributed by atoms with van der Waals surface area (Å²) in [6.45, 7) is -1.58. The number of carbonyl (C=O) groups is 2. The third-order valence-electron chi connectivity index (χ3n) is 7.85. The van der Waals surface area contributed by atoms with E-state index in [4.69, 9.17) is 27.8 Å². The lowest BCUT2D eigenvalue weighted by Crippen LogP contribution is -2.52. The number of nitrogens with zero attached hydrogens (tertiary/aromatic N) is 2. The minimum atomic E-state index is -5.36. The number of hydrogen-bond acceptors (Lipinski definition) is 8. The number of amides is 2. The first-order valence-corrected chi connectivity index (χ1v) is 14.1. The van der Waals surface area contributed by atoms with Crippen LogP contribution in [0, 0.1) is 11.7 Å². The average Bonchev–Trinajstić information content (AvgIpc) is 3.61. The molecule has 0 saturated heterocycles. The van der Waals surface area contributed by atoms with Crippen LogP contribution in [0.2, 0.25) is 5.02 Å². The zero-order valence-corrected chi connectivity index (χ0v) is 23.5. The van der Waals surface area contributed by atoms with Crippen LogP contribution in [0.5, 0.6) is 5.75 Å². The Kier molecular flexibility index (Phi) is 6.78. The summed E-state index contributed by atoms with van der Waals surface area (Å²) in [4.78, 5) is 34.0. The Morgan fingerprint density at radius 1 is 1.16 bits per heavy atom. The molecule has 0 bridgehead atoms. The van der Waals surface area contributed by atoms with Crippen molar-refractivity contribution in [3.05, 3.63) is 70.1 Å². The molecular formula is C28H22ClF4N5O4S. The number of rotatable bonds is 7. The van der Waals surface area contributed by atoms with Gasteiger partial charge in [0, 0.05) is 16.7 Å². The normalized spacial score (nSPS) is 19.5. The number of benzene rings is 2. The quantitative estimate of drug-likeness (QED) is 0.219. The van der Waals surface area contributed by atoms with Crippen LogP contribution in [-0.4, -0.2) is 46.2 Å². The van der Waals surface area contributed by atoms with Gasteiger partial charge in [-0.05, 0) is 61.2 Å². The molecule has 0 radical (unpaired) electrons. The van der Waals surface area contributed by atoms with E-state index < -0.39 is 47.1 Å². The number of thiazole rings is 1. The van der Waals surface area contributed by atoms with Crippen LogP contribution in [0.4, 0.5) is 22.7 Å². The van der Waals surface area contributed by atoms with Crippen LogP contribution in [0.1, 0.15) is 34.5 Å². The number of primary amides is 1. The van der Waals surface area contributed by atoms with Crippen molar-refractivity contribution >= 4 is 50.1 Å². The number of aliphatic hydroxyl groups is 1. The van der Waals surface area contributed by atoms with Crippen LogP contribution >= 0.6 is 22.9 Å². The number of aromatic nitrogens is 2. The van der Waals surface area contributed by atoms with Gasteiger partial charge in [0.2, 0.25) is 11.5 Å². The lowest BCUT2D eigenvalue weighted by molar-refractivity contribution is -0.265. The summed E-state index contributed by atoms with van der Waals surface area (Å²) in [7, 11) is 0. The van der Waals surface area contributed by atoms with Crippen LogP contribution in [0.15, 0.2) is 42.5 Å². The van der Waals surface area contributed by atoms with Gasteiger partial charge in [0.05, 0.1) is 22.0 Å². The second-order valence-corrected chi connectivity index (χ2v) is 12.0. The highest BCUT2D eigenvalue weighted by molar-refractivity contribution is 7.22. The third kappa shape index (κ3) is 4.73. The zero-order chi connectivity index (χ0) is 30.9. The number of nitrogens with two attached hydrogens (primary N) is 2. The molecule has 2 amide bonds. The van der Waals surface area contributed by atoms with Crippen LogP contribution in [-0.2, 0) is 15.8 Å². The number of pyridine rings is 1. The van der Waals surface area contributed by atoms with Gasteiger partial charge >= 0.3 is 6.18 Å². The van der Waals surface area contributed by atoms with Gasteiger partial charge in [0.1, 0.15) is 34.8 Å². The lowest BCUT2D eigenvalue weighted by Gasteiger charge is -2.32. The lowest BCUT2D eigenvalue weighted by atomic mass is 9.76. The maximum atomic E-state index is 14.7. The SMILES string of the molecule is NC(=O)[C@@]1(C2CC2)COc2c1cc(C(O)(CNC(=O)c1cc(Cl)c3nc(N)sc3c1)C(F)(F)F)nc2-c1ccc(F)cc1. The van der Waals surface area contributed by atoms with E-state index in [9.17, 15) is 32.3 Å². The number of fused-ring (bicyclic) bond motifs is 2. The molecule has 9 nitrogen and oxygen atoms in total. The average molecular weight is 636 g/mol. The van der Waals surface area contributed by atoms with Gasteiger partial charge in [-0.25, -0.2) is 14.4 Å². The Bertz CT molecular complexity index is 1800. The summed E-state index contributed by atoms with van der Waals surface area (Å²) >= 11 is 7.23. The zero-order valence-electron chi connectivity index (χ0n) is 22.0. The van der Waals surface area contributed by atoms with E-state index in [1.165, 1.54) is 24.3 Å². The van der Waals surface area contributed by atoms with E-state index in [2.05, 4.69) is 15.3 Å². The predicted molar refractivity (Wildman–Crippen MR) is 150 cm³/mol. The molecule has 2 aliphatic rings. The van der Waals surface area contributed by atoms with Crippen molar-refractivity contribution in [1.29, 1.82) is 0 Å². The van der Waals surface area contributed by atoms with Gasteiger partial charge in [0.25, 0.3) is 5.91 Å². The van der Waals surface area contributed by atoms with Gasteiger partial charge in [-0.3, -0.25) is 9.59 Å². The summed E-state index contributed by atoms with van der Waals surface area (Å²) < 4.78 is 64.2. The van der Waals surface area contributed by atoms with E-state index in [1.54, 1.807) is 0 Å². The fourth-order valence-corrected chi connectivity index (χ4v) is 6.51. The molecule has 2 aromatic heterocycles. The molecule has 15 heteroatoms. The highest BCUT2D eigenvalue weighted by Crippen LogP contribution is 2.56. The maximum absolute atomic E-state index is 14.7. The summed E-state index contributed by atoms with van der Waals surface area (Å²) in [5, 5.41) is 13.7. The van der Waals surface area contributed by atoms with Crippen molar-refractivity contribution < 1.29 is 37.0 Å². The van der Waals surface area contributed by atoms with Crippen molar-refractivity contribution in [3.63, 3.8) is 0 Å². The van der Waals surface area contributed by atoms with Gasteiger partial charge in [-0.2, -0.15) is 13.2 Å². The Balaban J connectivity index is 1.45. The van der Waals surface area contributed by atoms with E-state index >= 15 is 0 Å². The topological polar surface area (TPSA) is 153 Å². The number of halogens is 5. The molecule has 1 aliphatic carbocycles. The van der Waals surface area contributed by atoms with Gasteiger partial charge < -0.3 is 26.6 Å². The first-order chi connectivity index (χ1) is 20.2. The van der Waals surface area contributed by atoms with Crippen molar-refractivity contribution in [3.8, 4) is 17.0 Å². The Hall–Kier alpha value is -4.01. The molecule has 43 heavy (non-hydrogen) atoms. The maximum Gasteiger partial charge on any atom is 0.424 e. The Morgan fingerprint density at radius 2 is 1.86 bits per heavy atom. The van der Waals surface area contributed by atoms with Crippen LogP contribution < -0.4 is 21.5 Å². The first-order valence-electron chi connectivity index (χ1n) is 12.9. The van der Waals surface area contributed by atoms with Crippen molar-refractivity contribution in [1.82, 2.24) is 15.3 Å². The smallest absolute Gasteiger partial charge is 0.424 e. The third-order valence-corrected chi connectivity index (χ3v) is 8.97. The molecule has 2 aromatic carbocycles. The van der Waals surface area contributed by atoms with Gasteiger partial charge in [-0.1, -0.05) is 22.9 Å². The summed E-state index contributed by atoms with van der Waals surface area (Å²) in [5.41, 5.74) is 5.73. The Labute approximate surface area is 249 Å². The number of nitrogens with one attached hydrogen (secondary N) is 1. The molecule has 224 valence electrons. The fraction of sp³-hybridized carbons (Fsp3) is 0.286. The number of carbonyl (C=O) groups excluding carboxylic acids is 2. The minimum Gasteiger partial charge on any atom is -0.489 e. The second kappa shape index (κ2) is 10.0. The van der Waals surface area contributed by atoms with E-state index in [0.29, 0.717) is 23.1 Å². The van der Waals surface area contributed by atoms with Gasteiger partial charge in [-0.15, -0.1) is 0 Å². The van der Waals surface area contributed by atoms with Crippen molar-refractivity contribution in [2.75, 3.05) is 18.9 Å². The summed E-state index contributed by atoms with van der Waals surface area (Å²) in [6, 6.07) is 8.29. The van der Waals surface area contributed by atoms with Crippen LogP contribution in [0.25, 0.3) is 21.5 Å². The highest BCUT2D eigenvalue weighted by Gasteiger charge is 2.60. The first kappa shape index (κ1) is 29.1. The number of nitrogen functional groups attached to an aromatic ring is 1. The molecule has 6 N–H and O–H groups in total. The molecule has 3 heterocycles. The number of alkyl halides is 3. The number of anilines is 1. The van der Waals surface area contributed by atoms with Crippen molar-refractivity contribution in [2.24, 2.45) is 11.7 Å². The second-order valence-electron chi connectivity index (χ2n) is 10.5. The molecule has 0 spiro atoms. The largest absolute Gasteiger partial charge is 0.489 e. The molecular weight excluding hydrogens is 614 g/mol. The summed E-state index contributed by atoms with van der Waals surface area (Å²) in [5.74, 6) is -2.64. The number of hydrogen-bond donors (Lipinski definition) is 4. The molecule has 2 atom stereocenters. The van der Waals surface area contributed by atoms with Gasteiger partial charge in [0.15, 0.2) is 5.13 Å². The van der Waals surface area contributed by atoms with E-state index in [0.717, 1.165) is 29.5 Å². The molecule has 1 unspecified atom stereocenters. The number of ether oxygens (including phenoxy) is 1. The Morgan fingerprint density at radius 3 is 2.49 bits per heavy atom. The predicted octanol–water partition coefficient (Wildman–Crippen LogP) is 4.44. The standard InChI is InChI=1S/C28H22ClF4N5O4S/c29-17-7-13(8-18-21(17)38-25(35)43-18)23(39)36-10-27(41,28(31,32)33)19-9-16-22(20(37-19)12-1-5-15(30)6-2-12)42-11-26(16,24(34)40)14-3-4-14/h1-2,5-9,14,41H,3-4,10-11H2,(H2,34,40)(H2,35,38)(H,36,39)/t26-,27?/m1/s1. The monoisotopic (exact) mass is 635 g/mol. The van der Waals surface area contributed by atoms with Crippen molar-refractivity contribution in [2.45, 2.75) is 30.0 Å². The molecule has 1 aliphatic heterocycles. The fourth-order valence-electron chi connectivity index (χ4n) is 5.39. The van der Waals surface area contributed by atoms with E-state index in [-0.39, 0.29) is 50.8 Å². The molecule has 4 aromatic rings. The molecule has 6 rings (SSSR count). The van der Waals surface area contributed by atoms with E-state index in [1.807, 2.05) is 0 Å². The van der Waals surface area contributed by atoms with Crippen LogP contribution in [0.3, 0.4) is 0 Å². The molecule has 1 fully saturated rings. The highest BCUT2D eigenvalue weighted by atomic mass is 35.5. The minimum absolute atomic E-state index is 0.0152. The summed E-state index contributed by atoms with van der Waals surface area (Å²) in [6.07, 6.45) is -4.18. The molecule has 1 saturated carbocycles.